The molecule has 0 N–H and O–H groups in total. The Kier molecular flexibility index (Phi) is 2.82. The summed E-state index contributed by atoms with van der Waals surface area (Å²) in [7, 11) is 0. The number of aromatic nitrogens is 4. The molecule has 0 unspecified atom stereocenters. The first-order valence-corrected chi connectivity index (χ1v) is 7.28. The van der Waals surface area contributed by atoms with Crippen LogP contribution in [0.1, 0.15) is 53.6 Å². The molecule has 0 spiro atoms. The Labute approximate surface area is 125 Å². The molecule has 108 valence electrons. The highest BCUT2D eigenvalue weighted by Crippen LogP contribution is 2.41. The second-order valence-corrected chi connectivity index (χ2v) is 5.87. The fraction of sp³-hybridized carbons (Fsp3) is 0.429. The molecule has 0 aromatic carbocycles. The van der Waals surface area contributed by atoms with Crippen LogP contribution in [0.5, 0.6) is 0 Å². The molecule has 4 rings (SSSR count). The van der Waals surface area contributed by atoms with Crippen molar-refractivity contribution in [3.8, 4) is 0 Å². The van der Waals surface area contributed by atoms with E-state index in [-0.39, 0.29) is 29.8 Å². The number of halogens is 2. The van der Waals surface area contributed by atoms with Crippen molar-refractivity contribution in [3.05, 3.63) is 40.7 Å². The van der Waals surface area contributed by atoms with E-state index in [1.807, 2.05) is 0 Å². The predicted octanol–water partition coefficient (Wildman–Crippen LogP) is 2.92. The predicted molar refractivity (Wildman–Crippen MR) is 72.9 cm³/mol. The van der Waals surface area contributed by atoms with Crippen molar-refractivity contribution in [1.29, 1.82) is 0 Å². The molecular formula is C14H12ClFN4O. The van der Waals surface area contributed by atoms with E-state index in [1.165, 1.54) is 4.68 Å². The third-order valence-electron chi connectivity index (χ3n) is 3.93. The van der Waals surface area contributed by atoms with Crippen molar-refractivity contribution in [2.24, 2.45) is 5.92 Å². The van der Waals surface area contributed by atoms with Gasteiger partial charge in [-0.2, -0.15) is 0 Å². The second-order valence-electron chi connectivity index (χ2n) is 5.47. The maximum Gasteiger partial charge on any atom is 0.217 e. The van der Waals surface area contributed by atoms with Crippen molar-refractivity contribution in [1.82, 2.24) is 19.7 Å². The van der Waals surface area contributed by atoms with Gasteiger partial charge in [-0.25, -0.2) is 14.1 Å². The van der Waals surface area contributed by atoms with Crippen molar-refractivity contribution < 1.29 is 9.18 Å². The van der Waals surface area contributed by atoms with Gasteiger partial charge in [0.15, 0.2) is 12.0 Å². The van der Waals surface area contributed by atoms with Gasteiger partial charge in [-0.05, 0) is 25.0 Å². The zero-order chi connectivity index (χ0) is 14.6. The number of nitrogens with zero attached hydrogens (tertiary/aromatic N) is 4. The largest absolute Gasteiger partial charge is 0.290 e. The van der Waals surface area contributed by atoms with Gasteiger partial charge in [0.2, 0.25) is 11.6 Å². The number of hydrogen-bond acceptors (Lipinski definition) is 4. The summed E-state index contributed by atoms with van der Waals surface area (Å²) >= 11 is 6.13. The van der Waals surface area contributed by atoms with Crippen molar-refractivity contribution in [2.75, 3.05) is 0 Å². The standard InChI is InChI=1S/C14H12ClFN4O/c15-8-2-1-5-17-11(8)10-6-9(16)14-18-13(19-20(10)14)12(21)7-3-4-7/h1-2,5,7,9-10H,3-4,6H2/t9-,10-/m0/s1. The minimum absolute atomic E-state index is 0.0167. The number of fused-ring (bicyclic) bond motifs is 1. The Morgan fingerprint density at radius 2 is 2.24 bits per heavy atom. The lowest BCUT2D eigenvalue weighted by molar-refractivity contribution is 0.0956. The van der Waals surface area contributed by atoms with Crippen LogP contribution in [0.3, 0.4) is 0 Å². The Bertz CT molecular complexity index is 728. The number of hydrogen-bond donors (Lipinski definition) is 0. The average molecular weight is 307 g/mol. The van der Waals surface area contributed by atoms with Crippen LogP contribution in [-0.4, -0.2) is 25.5 Å². The van der Waals surface area contributed by atoms with Crippen molar-refractivity contribution in [3.63, 3.8) is 0 Å². The van der Waals surface area contributed by atoms with Gasteiger partial charge in [-0.3, -0.25) is 9.78 Å². The molecule has 2 aromatic heterocycles. The lowest BCUT2D eigenvalue weighted by Gasteiger charge is -2.11. The van der Waals surface area contributed by atoms with Crippen LogP contribution in [0.25, 0.3) is 0 Å². The van der Waals surface area contributed by atoms with Gasteiger partial charge < -0.3 is 0 Å². The third-order valence-corrected chi connectivity index (χ3v) is 4.25. The maximum absolute atomic E-state index is 14.2. The lowest BCUT2D eigenvalue weighted by atomic mass is 10.1. The molecule has 21 heavy (non-hydrogen) atoms. The summed E-state index contributed by atoms with van der Waals surface area (Å²) in [6.07, 6.45) is 2.30. The molecule has 2 aliphatic rings. The summed E-state index contributed by atoms with van der Waals surface area (Å²) < 4.78 is 15.6. The quantitative estimate of drug-likeness (QED) is 0.818. The highest BCUT2D eigenvalue weighted by molar-refractivity contribution is 6.31. The molecule has 1 fully saturated rings. The van der Waals surface area contributed by atoms with Crippen molar-refractivity contribution >= 4 is 17.4 Å². The summed E-state index contributed by atoms with van der Waals surface area (Å²) in [6.45, 7) is 0. The van der Waals surface area contributed by atoms with Gasteiger partial charge in [0, 0.05) is 18.5 Å². The van der Waals surface area contributed by atoms with Gasteiger partial charge in [-0.15, -0.1) is 5.10 Å². The molecule has 2 aromatic rings. The number of alkyl halides is 1. The summed E-state index contributed by atoms with van der Waals surface area (Å²) in [6, 6.07) is 3.03. The van der Waals surface area contributed by atoms with E-state index < -0.39 is 12.2 Å². The van der Waals surface area contributed by atoms with E-state index in [0.29, 0.717) is 10.7 Å². The van der Waals surface area contributed by atoms with Gasteiger partial charge >= 0.3 is 0 Å². The number of ketones is 1. The normalized spacial score (nSPS) is 24.1. The lowest BCUT2D eigenvalue weighted by Crippen LogP contribution is -2.12. The maximum atomic E-state index is 14.2. The zero-order valence-electron chi connectivity index (χ0n) is 11.0. The first-order valence-electron chi connectivity index (χ1n) is 6.90. The Balaban J connectivity index is 1.75. The van der Waals surface area contributed by atoms with Crippen LogP contribution in [-0.2, 0) is 0 Å². The minimum Gasteiger partial charge on any atom is -0.290 e. The highest BCUT2D eigenvalue weighted by atomic mass is 35.5. The molecule has 0 radical (unpaired) electrons. The molecule has 0 bridgehead atoms. The molecule has 3 heterocycles. The summed E-state index contributed by atoms with van der Waals surface area (Å²) in [5.41, 5.74) is 0.566. The minimum atomic E-state index is -1.25. The fourth-order valence-electron chi connectivity index (χ4n) is 2.68. The Hall–Kier alpha value is -1.82. The SMILES string of the molecule is O=C(c1nc2n(n1)[C@H](c1ncccc1Cl)C[C@@H]2F)C1CC1. The number of Topliss-reactive ketones (excluding diaryl/α,β-unsaturated/α-hetero) is 1. The van der Waals surface area contributed by atoms with Crippen LogP contribution in [0.4, 0.5) is 4.39 Å². The van der Waals surface area contributed by atoms with Gasteiger partial charge in [-0.1, -0.05) is 11.6 Å². The average Bonchev–Trinajstić information content (AvgIpc) is 3.15. The van der Waals surface area contributed by atoms with E-state index in [2.05, 4.69) is 15.1 Å². The molecule has 2 atom stereocenters. The first kappa shape index (κ1) is 12.9. The molecular weight excluding hydrogens is 295 g/mol. The van der Waals surface area contributed by atoms with Gasteiger partial charge in [0.05, 0.1) is 10.7 Å². The van der Waals surface area contributed by atoms with E-state index in [4.69, 9.17) is 11.6 Å². The first-order chi connectivity index (χ1) is 10.1. The summed E-state index contributed by atoms with van der Waals surface area (Å²) in [5.74, 6) is 0.246. The summed E-state index contributed by atoms with van der Waals surface area (Å²) in [5, 5.41) is 4.68. The number of pyridine rings is 1. The molecule has 1 saturated carbocycles. The van der Waals surface area contributed by atoms with E-state index in [1.54, 1.807) is 18.3 Å². The number of carbonyl (C=O) groups excluding carboxylic acids is 1. The molecule has 0 amide bonds. The zero-order valence-corrected chi connectivity index (χ0v) is 11.8. The van der Waals surface area contributed by atoms with E-state index >= 15 is 0 Å². The van der Waals surface area contributed by atoms with Crippen LogP contribution in [0, 0.1) is 5.92 Å². The van der Waals surface area contributed by atoms with Gasteiger partial charge in [0.25, 0.3) is 0 Å². The fourth-order valence-corrected chi connectivity index (χ4v) is 2.93. The molecule has 1 aliphatic carbocycles. The van der Waals surface area contributed by atoms with E-state index in [0.717, 1.165) is 12.8 Å². The van der Waals surface area contributed by atoms with E-state index in [9.17, 15) is 9.18 Å². The Morgan fingerprint density at radius 1 is 1.43 bits per heavy atom. The number of rotatable bonds is 3. The summed E-state index contributed by atoms with van der Waals surface area (Å²) in [4.78, 5) is 20.3. The molecule has 0 saturated heterocycles. The van der Waals surface area contributed by atoms with Crippen LogP contribution in [0.2, 0.25) is 5.02 Å². The molecule has 1 aliphatic heterocycles. The number of carbonyl (C=O) groups is 1. The third kappa shape index (κ3) is 2.05. The monoisotopic (exact) mass is 306 g/mol. The van der Waals surface area contributed by atoms with Gasteiger partial charge in [0.1, 0.15) is 6.04 Å². The van der Waals surface area contributed by atoms with Crippen LogP contribution < -0.4 is 0 Å². The molecule has 5 nitrogen and oxygen atoms in total. The highest BCUT2D eigenvalue weighted by Gasteiger charge is 2.40. The molecule has 7 heteroatoms. The Morgan fingerprint density at radius 3 is 2.95 bits per heavy atom. The van der Waals surface area contributed by atoms with Crippen molar-refractivity contribution in [2.45, 2.75) is 31.5 Å². The van der Waals surface area contributed by atoms with Crippen LogP contribution >= 0.6 is 11.6 Å². The van der Waals surface area contributed by atoms with Crippen LogP contribution in [0.15, 0.2) is 18.3 Å². The second kappa shape index (κ2) is 4.59. The smallest absolute Gasteiger partial charge is 0.217 e. The topological polar surface area (TPSA) is 60.7 Å².